The SMILES string of the molecule is Cc1cc(C(C)Nc2nccc3c2ncn3C)c(C)s1. The average molecular weight is 286 g/mol. The maximum Gasteiger partial charge on any atom is 0.154 e. The zero-order chi connectivity index (χ0) is 14.3. The summed E-state index contributed by atoms with van der Waals surface area (Å²) in [5.41, 5.74) is 3.35. The van der Waals surface area contributed by atoms with Gasteiger partial charge >= 0.3 is 0 Å². The summed E-state index contributed by atoms with van der Waals surface area (Å²) >= 11 is 1.84. The van der Waals surface area contributed by atoms with Crippen LogP contribution in [0.2, 0.25) is 0 Å². The van der Waals surface area contributed by atoms with E-state index in [-0.39, 0.29) is 6.04 Å². The molecule has 0 aromatic carbocycles. The molecule has 3 aromatic heterocycles. The van der Waals surface area contributed by atoms with Crippen molar-refractivity contribution in [2.75, 3.05) is 5.32 Å². The third-order valence-electron chi connectivity index (χ3n) is 3.54. The van der Waals surface area contributed by atoms with Crippen LogP contribution >= 0.6 is 11.3 Å². The Morgan fingerprint density at radius 3 is 2.80 bits per heavy atom. The van der Waals surface area contributed by atoms with E-state index in [1.165, 1.54) is 15.3 Å². The van der Waals surface area contributed by atoms with E-state index in [1.54, 1.807) is 0 Å². The minimum absolute atomic E-state index is 0.222. The van der Waals surface area contributed by atoms with Crippen molar-refractivity contribution in [2.45, 2.75) is 26.8 Å². The van der Waals surface area contributed by atoms with E-state index >= 15 is 0 Å². The van der Waals surface area contributed by atoms with Crippen molar-refractivity contribution in [2.24, 2.45) is 7.05 Å². The summed E-state index contributed by atoms with van der Waals surface area (Å²) in [4.78, 5) is 11.6. The van der Waals surface area contributed by atoms with Crippen molar-refractivity contribution in [1.29, 1.82) is 0 Å². The van der Waals surface area contributed by atoms with Gasteiger partial charge in [0.15, 0.2) is 5.82 Å². The molecule has 0 saturated carbocycles. The van der Waals surface area contributed by atoms with E-state index in [9.17, 15) is 0 Å². The summed E-state index contributed by atoms with van der Waals surface area (Å²) in [5.74, 6) is 0.846. The molecule has 3 aromatic rings. The van der Waals surface area contributed by atoms with E-state index in [0.29, 0.717) is 0 Å². The predicted octanol–water partition coefficient (Wildman–Crippen LogP) is 3.82. The molecule has 4 nitrogen and oxygen atoms in total. The van der Waals surface area contributed by atoms with Crippen LogP contribution in [0.1, 0.15) is 28.3 Å². The number of nitrogens with one attached hydrogen (secondary N) is 1. The Balaban J connectivity index is 1.95. The highest BCUT2D eigenvalue weighted by atomic mass is 32.1. The maximum atomic E-state index is 4.44. The Bertz CT molecular complexity index is 756. The monoisotopic (exact) mass is 286 g/mol. The smallest absolute Gasteiger partial charge is 0.154 e. The first kappa shape index (κ1) is 13.1. The van der Waals surface area contributed by atoms with Crippen LogP contribution in [0.4, 0.5) is 5.82 Å². The number of fused-ring (bicyclic) bond motifs is 1. The lowest BCUT2D eigenvalue weighted by Gasteiger charge is -2.14. The first-order valence-corrected chi connectivity index (χ1v) is 7.47. The zero-order valence-corrected chi connectivity index (χ0v) is 13.0. The van der Waals surface area contributed by atoms with Gasteiger partial charge in [0.25, 0.3) is 0 Å². The Labute approximate surface area is 122 Å². The normalized spacial score (nSPS) is 12.8. The zero-order valence-electron chi connectivity index (χ0n) is 12.1. The summed E-state index contributed by atoms with van der Waals surface area (Å²) in [6.45, 7) is 6.48. The Morgan fingerprint density at radius 2 is 2.10 bits per heavy atom. The number of aromatic nitrogens is 3. The number of rotatable bonds is 3. The second-order valence-electron chi connectivity index (χ2n) is 5.12. The fourth-order valence-corrected chi connectivity index (χ4v) is 3.55. The van der Waals surface area contributed by atoms with Crippen molar-refractivity contribution >= 4 is 28.2 Å². The van der Waals surface area contributed by atoms with Gasteiger partial charge in [0.1, 0.15) is 5.52 Å². The van der Waals surface area contributed by atoms with Gasteiger partial charge in [0.05, 0.1) is 17.9 Å². The molecule has 0 bridgehead atoms. The first-order valence-electron chi connectivity index (χ1n) is 6.65. The number of anilines is 1. The van der Waals surface area contributed by atoms with E-state index in [4.69, 9.17) is 0 Å². The summed E-state index contributed by atoms with van der Waals surface area (Å²) in [6.07, 6.45) is 3.65. The molecule has 1 atom stereocenters. The molecule has 3 rings (SSSR count). The van der Waals surface area contributed by atoms with Crippen molar-refractivity contribution in [1.82, 2.24) is 14.5 Å². The molecular formula is C15H18N4S. The first-order chi connectivity index (χ1) is 9.56. The molecule has 3 heterocycles. The average Bonchev–Trinajstić information content (AvgIpc) is 2.94. The van der Waals surface area contributed by atoms with Gasteiger partial charge < -0.3 is 9.88 Å². The summed E-state index contributed by atoms with van der Waals surface area (Å²) in [5, 5.41) is 3.49. The second kappa shape index (κ2) is 4.90. The van der Waals surface area contributed by atoms with Crippen molar-refractivity contribution in [3.63, 3.8) is 0 Å². The third-order valence-corrected chi connectivity index (χ3v) is 4.52. The lowest BCUT2D eigenvalue weighted by atomic mass is 10.1. The van der Waals surface area contributed by atoms with Crippen LogP contribution in [0, 0.1) is 13.8 Å². The van der Waals surface area contributed by atoms with Crippen LogP contribution in [0.5, 0.6) is 0 Å². The highest BCUT2D eigenvalue weighted by Gasteiger charge is 2.14. The Morgan fingerprint density at radius 1 is 1.30 bits per heavy atom. The Hall–Kier alpha value is -1.88. The van der Waals surface area contributed by atoms with Crippen LogP contribution in [0.25, 0.3) is 11.0 Å². The van der Waals surface area contributed by atoms with Gasteiger partial charge in [-0.2, -0.15) is 0 Å². The predicted molar refractivity (Wildman–Crippen MR) is 84.3 cm³/mol. The third kappa shape index (κ3) is 2.18. The van der Waals surface area contributed by atoms with Gasteiger partial charge in [-0.25, -0.2) is 9.97 Å². The maximum absolute atomic E-state index is 4.44. The number of pyridine rings is 1. The quantitative estimate of drug-likeness (QED) is 0.796. The molecule has 0 aliphatic heterocycles. The molecule has 0 saturated heterocycles. The number of aryl methyl sites for hydroxylation is 3. The molecule has 0 amide bonds. The van der Waals surface area contributed by atoms with Gasteiger partial charge in [-0.15, -0.1) is 11.3 Å². The largest absolute Gasteiger partial charge is 0.362 e. The van der Waals surface area contributed by atoms with Crippen LogP contribution in [-0.4, -0.2) is 14.5 Å². The lowest BCUT2D eigenvalue weighted by Crippen LogP contribution is -2.08. The molecule has 0 spiro atoms. The minimum atomic E-state index is 0.222. The molecule has 5 heteroatoms. The van der Waals surface area contributed by atoms with Crippen LogP contribution < -0.4 is 5.32 Å². The van der Waals surface area contributed by atoms with Gasteiger partial charge in [-0.3, -0.25) is 0 Å². The van der Waals surface area contributed by atoms with Crippen LogP contribution in [-0.2, 0) is 7.05 Å². The summed E-state index contributed by atoms with van der Waals surface area (Å²) < 4.78 is 2.01. The summed E-state index contributed by atoms with van der Waals surface area (Å²) in [6, 6.07) is 4.45. The number of thiophene rings is 1. The van der Waals surface area contributed by atoms with E-state index in [1.807, 2.05) is 41.5 Å². The molecule has 104 valence electrons. The summed E-state index contributed by atoms with van der Waals surface area (Å²) in [7, 11) is 1.99. The van der Waals surface area contributed by atoms with Gasteiger partial charge in [0, 0.05) is 23.0 Å². The number of hydrogen-bond acceptors (Lipinski definition) is 4. The van der Waals surface area contributed by atoms with Gasteiger partial charge in [-0.1, -0.05) is 0 Å². The molecule has 1 unspecified atom stereocenters. The molecule has 0 aliphatic rings. The molecule has 0 fully saturated rings. The highest BCUT2D eigenvalue weighted by molar-refractivity contribution is 7.12. The number of hydrogen-bond donors (Lipinski definition) is 1. The van der Waals surface area contributed by atoms with Crippen molar-refractivity contribution in [3.05, 3.63) is 40.0 Å². The standard InChI is InChI=1S/C15H18N4S/c1-9-7-12(11(3)20-9)10(2)18-15-14-13(5-6-16-15)19(4)8-17-14/h5-8,10H,1-4H3,(H,16,18). The minimum Gasteiger partial charge on any atom is -0.362 e. The Kier molecular flexibility index (Phi) is 3.22. The topological polar surface area (TPSA) is 42.7 Å². The second-order valence-corrected chi connectivity index (χ2v) is 6.58. The van der Waals surface area contributed by atoms with E-state index in [0.717, 1.165) is 16.9 Å². The molecule has 1 N–H and O–H groups in total. The van der Waals surface area contributed by atoms with Gasteiger partial charge in [-0.05, 0) is 38.5 Å². The van der Waals surface area contributed by atoms with Crippen molar-refractivity contribution in [3.8, 4) is 0 Å². The number of nitrogens with zero attached hydrogens (tertiary/aromatic N) is 3. The molecule has 20 heavy (non-hydrogen) atoms. The molecule has 0 radical (unpaired) electrons. The lowest BCUT2D eigenvalue weighted by molar-refractivity contribution is 0.874. The molecule has 0 aliphatic carbocycles. The highest BCUT2D eigenvalue weighted by Crippen LogP contribution is 2.29. The molecular weight excluding hydrogens is 268 g/mol. The number of imidazole rings is 1. The van der Waals surface area contributed by atoms with E-state index in [2.05, 4.69) is 42.1 Å². The fourth-order valence-electron chi connectivity index (χ4n) is 2.53. The van der Waals surface area contributed by atoms with Crippen LogP contribution in [0.3, 0.4) is 0 Å². The van der Waals surface area contributed by atoms with E-state index < -0.39 is 0 Å². The van der Waals surface area contributed by atoms with Crippen LogP contribution in [0.15, 0.2) is 24.7 Å². The van der Waals surface area contributed by atoms with Gasteiger partial charge in [0.2, 0.25) is 0 Å². The van der Waals surface area contributed by atoms with Crippen molar-refractivity contribution < 1.29 is 0 Å². The fraction of sp³-hybridized carbons (Fsp3) is 0.333.